The molecule has 0 radical (unpaired) electrons. The van der Waals surface area contributed by atoms with Gasteiger partial charge in [-0.2, -0.15) is 0 Å². The van der Waals surface area contributed by atoms with Crippen LogP contribution >= 0.6 is 0 Å². The maximum atomic E-state index is 12.3. The van der Waals surface area contributed by atoms with Gasteiger partial charge in [-0.3, -0.25) is 4.79 Å². The molecule has 3 N–H and O–H groups in total. The summed E-state index contributed by atoms with van der Waals surface area (Å²) in [7, 11) is -3.66. The zero-order valence-corrected chi connectivity index (χ0v) is 13.1. The van der Waals surface area contributed by atoms with Gasteiger partial charge >= 0.3 is 0 Å². The van der Waals surface area contributed by atoms with E-state index in [0.29, 0.717) is 11.3 Å². The SMILES string of the molecule is Cc1ccc(N)cc1S(=O)(=O)CC(=O)NC1CCCCC1. The second-order valence-electron chi connectivity index (χ2n) is 5.69. The summed E-state index contributed by atoms with van der Waals surface area (Å²) >= 11 is 0. The highest BCUT2D eigenvalue weighted by Gasteiger charge is 2.23. The lowest BCUT2D eigenvalue weighted by atomic mass is 9.95. The lowest BCUT2D eigenvalue weighted by Crippen LogP contribution is -2.39. The zero-order chi connectivity index (χ0) is 15.5. The maximum absolute atomic E-state index is 12.3. The van der Waals surface area contributed by atoms with Crippen LogP contribution in [0, 0.1) is 6.92 Å². The van der Waals surface area contributed by atoms with Crippen LogP contribution in [0.5, 0.6) is 0 Å². The van der Waals surface area contributed by atoms with E-state index in [1.807, 2.05) is 0 Å². The van der Waals surface area contributed by atoms with Crippen LogP contribution in [0.3, 0.4) is 0 Å². The van der Waals surface area contributed by atoms with E-state index < -0.39 is 21.5 Å². The average Bonchev–Trinajstić information content (AvgIpc) is 2.41. The van der Waals surface area contributed by atoms with Crippen LogP contribution in [0.25, 0.3) is 0 Å². The molecule has 6 heteroatoms. The van der Waals surface area contributed by atoms with E-state index in [9.17, 15) is 13.2 Å². The first-order valence-electron chi connectivity index (χ1n) is 7.27. The number of benzene rings is 1. The molecule has 1 amide bonds. The first kappa shape index (κ1) is 15.8. The molecule has 116 valence electrons. The minimum absolute atomic E-state index is 0.114. The molecule has 0 saturated heterocycles. The van der Waals surface area contributed by atoms with Crippen molar-refractivity contribution in [3.05, 3.63) is 23.8 Å². The Bertz CT molecular complexity index is 620. The predicted octanol–water partition coefficient (Wildman–Crippen LogP) is 1.80. The molecule has 1 aliphatic carbocycles. The molecule has 0 heterocycles. The Kier molecular flexibility index (Phi) is 4.88. The van der Waals surface area contributed by atoms with Crippen LogP contribution in [0.1, 0.15) is 37.7 Å². The van der Waals surface area contributed by atoms with Crippen molar-refractivity contribution in [2.24, 2.45) is 0 Å². The molecule has 2 rings (SSSR count). The number of hydrogen-bond acceptors (Lipinski definition) is 4. The van der Waals surface area contributed by atoms with Crippen molar-refractivity contribution < 1.29 is 13.2 Å². The fourth-order valence-electron chi connectivity index (χ4n) is 2.72. The third-order valence-electron chi connectivity index (χ3n) is 3.84. The molecule has 0 atom stereocenters. The molecule has 0 aromatic heterocycles. The molecule has 0 unspecified atom stereocenters. The standard InChI is InChI=1S/C15H22N2O3S/c1-11-7-8-12(16)9-14(11)21(19,20)10-15(18)17-13-5-3-2-4-6-13/h7-9,13H,2-6,10,16H2,1H3,(H,17,18). The molecule has 0 aliphatic heterocycles. The van der Waals surface area contributed by atoms with Crippen LogP contribution in [-0.2, 0) is 14.6 Å². The summed E-state index contributed by atoms with van der Waals surface area (Å²) < 4.78 is 24.7. The molecule has 1 aromatic carbocycles. The van der Waals surface area contributed by atoms with Crippen molar-refractivity contribution in [2.45, 2.75) is 50.0 Å². The number of nitrogen functional groups attached to an aromatic ring is 1. The summed E-state index contributed by atoms with van der Waals surface area (Å²) in [5.41, 5.74) is 6.63. The fraction of sp³-hybridized carbons (Fsp3) is 0.533. The predicted molar refractivity (Wildman–Crippen MR) is 82.7 cm³/mol. The summed E-state index contributed by atoms with van der Waals surface area (Å²) in [6.07, 6.45) is 5.23. The second-order valence-corrected chi connectivity index (χ2v) is 7.64. The average molecular weight is 310 g/mol. The fourth-order valence-corrected chi connectivity index (χ4v) is 4.18. The summed E-state index contributed by atoms with van der Waals surface area (Å²) in [6.45, 7) is 1.70. The number of hydrogen-bond donors (Lipinski definition) is 2. The third-order valence-corrected chi connectivity index (χ3v) is 5.59. The normalized spacial score (nSPS) is 16.6. The number of carbonyl (C=O) groups is 1. The number of anilines is 1. The molecule has 0 spiro atoms. The number of carbonyl (C=O) groups excluding carboxylic acids is 1. The lowest BCUT2D eigenvalue weighted by Gasteiger charge is -2.22. The van der Waals surface area contributed by atoms with Crippen LogP contribution in [0.15, 0.2) is 23.1 Å². The summed E-state index contributed by atoms with van der Waals surface area (Å²) in [6, 6.07) is 4.83. The minimum Gasteiger partial charge on any atom is -0.399 e. The van der Waals surface area contributed by atoms with Gasteiger partial charge in [0.05, 0.1) is 4.90 Å². The Morgan fingerprint density at radius 1 is 1.29 bits per heavy atom. The smallest absolute Gasteiger partial charge is 0.235 e. The van der Waals surface area contributed by atoms with E-state index in [1.54, 1.807) is 19.1 Å². The molecule has 0 bridgehead atoms. The number of nitrogens with one attached hydrogen (secondary N) is 1. The molecular formula is C15H22N2O3S. The van der Waals surface area contributed by atoms with Crippen molar-refractivity contribution >= 4 is 21.4 Å². The Labute approximate surface area is 125 Å². The first-order valence-corrected chi connectivity index (χ1v) is 8.92. The van der Waals surface area contributed by atoms with E-state index in [4.69, 9.17) is 5.73 Å². The van der Waals surface area contributed by atoms with Crippen LogP contribution < -0.4 is 11.1 Å². The van der Waals surface area contributed by atoms with Crippen molar-refractivity contribution in [1.29, 1.82) is 0 Å². The highest BCUT2D eigenvalue weighted by Crippen LogP contribution is 2.20. The van der Waals surface area contributed by atoms with Crippen LogP contribution in [0.4, 0.5) is 5.69 Å². The van der Waals surface area contributed by atoms with Gasteiger partial charge in [-0.15, -0.1) is 0 Å². The summed E-state index contributed by atoms with van der Waals surface area (Å²) in [5.74, 6) is -0.947. The van der Waals surface area contributed by atoms with Crippen molar-refractivity contribution in [3.8, 4) is 0 Å². The molecule has 1 aromatic rings. The number of sulfone groups is 1. The molecule has 21 heavy (non-hydrogen) atoms. The molecule has 1 aliphatic rings. The monoisotopic (exact) mass is 310 g/mol. The quantitative estimate of drug-likeness (QED) is 0.830. The van der Waals surface area contributed by atoms with Crippen LogP contribution in [-0.4, -0.2) is 26.1 Å². The van der Waals surface area contributed by atoms with Gasteiger partial charge in [0, 0.05) is 11.7 Å². The Hall–Kier alpha value is -1.56. The van der Waals surface area contributed by atoms with E-state index in [1.165, 1.54) is 12.5 Å². The Morgan fingerprint density at radius 2 is 1.95 bits per heavy atom. The van der Waals surface area contributed by atoms with Gasteiger partial charge in [0.15, 0.2) is 9.84 Å². The second kappa shape index (κ2) is 6.47. The minimum atomic E-state index is -3.66. The highest BCUT2D eigenvalue weighted by atomic mass is 32.2. The van der Waals surface area contributed by atoms with E-state index in [2.05, 4.69) is 5.32 Å². The van der Waals surface area contributed by atoms with Crippen LogP contribution in [0.2, 0.25) is 0 Å². The van der Waals surface area contributed by atoms with E-state index in [-0.39, 0.29) is 10.9 Å². The molecule has 5 nitrogen and oxygen atoms in total. The van der Waals surface area contributed by atoms with Gasteiger partial charge in [0.1, 0.15) is 5.75 Å². The van der Waals surface area contributed by atoms with Crippen molar-refractivity contribution in [2.75, 3.05) is 11.5 Å². The summed E-state index contributed by atoms with van der Waals surface area (Å²) in [4.78, 5) is 12.1. The topological polar surface area (TPSA) is 89.3 Å². The zero-order valence-electron chi connectivity index (χ0n) is 12.3. The molecule has 1 saturated carbocycles. The van der Waals surface area contributed by atoms with Gasteiger partial charge in [0.25, 0.3) is 0 Å². The Balaban J connectivity index is 2.06. The van der Waals surface area contributed by atoms with E-state index >= 15 is 0 Å². The van der Waals surface area contributed by atoms with Gasteiger partial charge in [-0.25, -0.2) is 8.42 Å². The van der Waals surface area contributed by atoms with Crippen molar-refractivity contribution in [1.82, 2.24) is 5.32 Å². The van der Waals surface area contributed by atoms with Gasteiger partial charge in [0.2, 0.25) is 5.91 Å². The van der Waals surface area contributed by atoms with Gasteiger partial charge in [-0.05, 0) is 37.5 Å². The van der Waals surface area contributed by atoms with Crippen molar-refractivity contribution in [3.63, 3.8) is 0 Å². The van der Waals surface area contributed by atoms with Gasteiger partial charge in [-0.1, -0.05) is 25.3 Å². The number of rotatable bonds is 4. The molecular weight excluding hydrogens is 288 g/mol. The number of nitrogens with two attached hydrogens (primary N) is 1. The lowest BCUT2D eigenvalue weighted by molar-refractivity contribution is -0.119. The first-order chi connectivity index (χ1) is 9.88. The van der Waals surface area contributed by atoms with E-state index in [0.717, 1.165) is 25.7 Å². The summed E-state index contributed by atoms with van der Waals surface area (Å²) in [5, 5.41) is 2.83. The number of aryl methyl sites for hydroxylation is 1. The Morgan fingerprint density at radius 3 is 2.62 bits per heavy atom. The highest BCUT2D eigenvalue weighted by molar-refractivity contribution is 7.92. The maximum Gasteiger partial charge on any atom is 0.235 e. The number of amides is 1. The molecule has 1 fully saturated rings. The third kappa shape index (κ3) is 4.20. The largest absolute Gasteiger partial charge is 0.399 e. The van der Waals surface area contributed by atoms with Gasteiger partial charge < -0.3 is 11.1 Å².